The third-order valence-corrected chi connectivity index (χ3v) is 19.6. The number of hydrogen-bond acceptors (Lipinski definition) is 19. The summed E-state index contributed by atoms with van der Waals surface area (Å²) in [5, 5.41) is 97.5. The van der Waals surface area contributed by atoms with E-state index in [-0.39, 0.29) is 46.5 Å². The van der Waals surface area contributed by atoms with E-state index in [9.17, 15) is 50.8 Å². The molecule has 5 aliphatic heterocycles. The van der Waals surface area contributed by atoms with Gasteiger partial charge in [-0.3, -0.25) is 4.79 Å². The molecule has 19 heteroatoms. The highest BCUT2D eigenvalue weighted by Crippen LogP contribution is 2.80. The SMILES string of the molecule is C=C(C)[C@H](C)[C@H]1O[C@]23C[C@]4(CO2)[C@H](CC[C@@H]2[C@@]5(C)CC[C@H](O[C@@H]6OC[C@H](O)[C@H](O[C@@H]7O[C@H](CO)[C@@H](O)[C@H](O)[C@H]7O)[C@H]6O[C@@H]6O[C@@H](CO)[C@H](O)[C@H]6O)C(C)(C)[C@H]5CC[C@]24C)[C@@H]3[C@@](C)(O)[C@@H]1OC(C)=O. The lowest BCUT2D eigenvalue weighted by molar-refractivity contribution is -0.378. The summed E-state index contributed by atoms with van der Waals surface area (Å²) >= 11 is 0. The second-order valence-corrected chi connectivity index (χ2v) is 23.5. The molecule has 4 aliphatic carbocycles. The van der Waals surface area contributed by atoms with Gasteiger partial charge in [-0.2, -0.15) is 0 Å². The number of esters is 1. The molecule has 26 atom stereocenters. The molecule has 0 aromatic heterocycles. The third-order valence-electron chi connectivity index (χ3n) is 19.6. The van der Waals surface area contributed by atoms with Crippen molar-refractivity contribution >= 4 is 5.97 Å². The van der Waals surface area contributed by atoms with E-state index in [2.05, 4.69) is 34.3 Å². The largest absolute Gasteiger partial charge is 0.457 e. The standard InChI is InChI=1S/C49H78O19/c1-21(2)22(3)36-40(62-23(4)52)47(9,59)39-24-10-11-29-45(7)14-13-30(44(5,6)28(45)12-15-46(29,8)48(24)19-49(39,68-36)61-20-48)65-43-38(67-41-34(57)32(55)27(17-51)64-41)37(25(53)18-60-43)66-42-35(58)33(56)31(54)26(16-50)63-42/h22,24-43,50-51,53-59H,1,10-20H2,2-9H3/t22-,24+,25-,26+,27-,28+,29+,30-,31+,32-,33-,34+,35+,36+,37-,38+,39+,40+,41-,42-,43-,45-,46+,47+,48-,49-/m0/s1. The molecule has 2 bridgehead atoms. The van der Waals surface area contributed by atoms with Crippen molar-refractivity contribution in [2.24, 2.45) is 51.2 Å². The van der Waals surface area contributed by atoms with Gasteiger partial charge in [0.05, 0.1) is 32.5 Å². The monoisotopic (exact) mass is 971 g/mol. The fourth-order valence-electron chi connectivity index (χ4n) is 16.1. The van der Waals surface area contributed by atoms with Gasteiger partial charge in [-0.05, 0) is 86.4 Å². The molecule has 2 spiro atoms. The van der Waals surface area contributed by atoms with E-state index in [1.807, 2.05) is 13.8 Å². The summed E-state index contributed by atoms with van der Waals surface area (Å²) in [6.45, 7) is 19.4. The van der Waals surface area contributed by atoms with Crippen molar-refractivity contribution < 1.29 is 93.4 Å². The second-order valence-electron chi connectivity index (χ2n) is 23.5. The predicted molar refractivity (Wildman–Crippen MR) is 234 cm³/mol. The number of fused-ring (bicyclic) bond motifs is 4. The Labute approximate surface area is 398 Å². The van der Waals surface area contributed by atoms with E-state index < -0.39 is 140 Å². The Balaban J connectivity index is 0.978. The minimum Gasteiger partial charge on any atom is -0.457 e. The Kier molecular flexibility index (Phi) is 13.5. The van der Waals surface area contributed by atoms with Crippen molar-refractivity contribution in [2.45, 2.75) is 210 Å². The molecule has 4 saturated carbocycles. The molecule has 19 nitrogen and oxygen atoms in total. The number of carbonyl (C=O) groups is 1. The molecule has 5 saturated heterocycles. The summed E-state index contributed by atoms with van der Waals surface area (Å²) in [6.07, 6.45) is -16.1. The van der Waals surface area contributed by atoms with E-state index in [1.54, 1.807) is 6.92 Å². The maximum atomic E-state index is 12.8. The van der Waals surface area contributed by atoms with Crippen molar-refractivity contribution in [1.29, 1.82) is 0 Å². The molecule has 9 rings (SSSR count). The Hall–Kier alpha value is -1.47. The number of hydrogen-bond donors (Lipinski definition) is 9. The van der Waals surface area contributed by atoms with Gasteiger partial charge in [0.1, 0.15) is 72.7 Å². The van der Waals surface area contributed by atoms with Gasteiger partial charge in [0, 0.05) is 30.6 Å². The Morgan fingerprint density at radius 2 is 1.38 bits per heavy atom. The van der Waals surface area contributed by atoms with Crippen LogP contribution in [0.2, 0.25) is 0 Å². The molecule has 0 aromatic carbocycles. The zero-order chi connectivity index (χ0) is 49.4. The maximum absolute atomic E-state index is 12.8. The van der Waals surface area contributed by atoms with Gasteiger partial charge < -0.3 is 88.6 Å². The molecular formula is C49H78O19. The van der Waals surface area contributed by atoms with Crippen LogP contribution < -0.4 is 0 Å². The minimum absolute atomic E-state index is 0.0597. The highest BCUT2D eigenvalue weighted by Gasteiger charge is 2.82. The fourth-order valence-corrected chi connectivity index (χ4v) is 16.1. The Morgan fingerprint density at radius 1 is 0.765 bits per heavy atom. The van der Waals surface area contributed by atoms with E-state index in [4.69, 9.17) is 42.6 Å². The number of carbonyl (C=O) groups excluding carboxylic acids is 1. The number of aliphatic hydroxyl groups excluding tert-OH is 8. The van der Waals surface area contributed by atoms with Crippen LogP contribution in [-0.4, -0.2) is 188 Å². The molecular weight excluding hydrogens is 893 g/mol. The summed E-state index contributed by atoms with van der Waals surface area (Å²) in [5.74, 6) is -1.69. The predicted octanol–water partition coefficient (Wildman–Crippen LogP) is 0.393. The molecule has 0 radical (unpaired) electrons. The lowest BCUT2D eigenvalue weighted by Gasteiger charge is -2.70. The van der Waals surface area contributed by atoms with Crippen molar-refractivity contribution in [1.82, 2.24) is 0 Å². The van der Waals surface area contributed by atoms with Gasteiger partial charge in [0.15, 0.2) is 30.8 Å². The second kappa shape index (κ2) is 17.9. The molecule has 0 amide bonds. The minimum atomic E-state index is -1.81. The van der Waals surface area contributed by atoms with Gasteiger partial charge in [-0.1, -0.05) is 46.8 Å². The fraction of sp³-hybridized carbons (Fsp3) is 0.939. The molecule has 68 heavy (non-hydrogen) atoms. The van der Waals surface area contributed by atoms with Crippen LogP contribution in [-0.2, 0) is 47.4 Å². The Morgan fingerprint density at radius 3 is 2.00 bits per heavy atom. The van der Waals surface area contributed by atoms with Crippen LogP contribution in [0.15, 0.2) is 12.2 Å². The molecule has 0 unspecified atom stereocenters. The van der Waals surface area contributed by atoms with E-state index in [0.29, 0.717) is 19.4 Å². The molecule has 9 N–H and O–H groups in total. The van der Waals surface area contributed by atoms with Crippen molar-refractivity contribution in [3.05, 3.63) is 12.2 Å². The summed E-state index contributed by atoms with van der Waals surface area (Å²) in [4.78, 5) is 12.6. The lowest BCUT2D eigenvalue weighted by atomic mass is 9.35. The maximum Gasteiger partial charge on any atom is 0.303 e. The molecule has 5 heterocycles. The molecule has 388 valence electrons. The highest BCUT2D eigenvalue weighted by atomic mass is 16.8. The van der Waals surface area contributed by atoms with E-state index in [0.717, 1.165) is 37.7 Å². The summed E-state index contributed by atoms with van der Waals surface area (Å²) in [7, 11) is 0. The Bertz CT molecular complexity index is 1880. The van der Waals surface area contributed by atoms with Crippen molar-refractivity contribution in [2.75, 3.05) is 26.4 Å². The lowest BCUT2D eigenvalue weighted by Crippen LogP contribution is -2.71. The van der Waals surface area contributed by atoms with E-state index >= 15 is 0 Å². The first-order chi connectivity index (χ1) is 31.8. The van der Waals surface area contributed by atoms with Gasteiger partial charge in [0.2, 0.25) is 0 Å². The van der Waals surface area contributed by atoms with Crippen molar-refractivity contribution in [3.8, 4) is 0 Å². The van der Waals surface area contributed by atoms with Crippen LogP contribution >= 0.6 is 0 Å². The number of ether oxygens (including phenoxy) is 9. The van der Waals surface area contributed by atoms with Crippen LogP contribution in [0, 0.1) is 51.2 Å². The third kappa shape index (κ3) is 7.57. The van der Waals surface area contributed by atoms with Gasteiger partial charge in [0.25, 0.3) is 0 Å². The zero-order valence-electron chi connectivity index (χ0n) is 40.7. The first-order valence-electron chi connectivity index (χ1n) is 24.9. The zero-order valence-corrected chi connectivity index (χ0v) is 40.7. The van der Waals surface area contributed by atoms with E-state index in [1.165, 1.54) is 6.92 Å². The van der Waals surface area contributed by atoms with Gasteiger partial charge >= 0.3 is 5.97 Å². The normalized spacial score (nSPS) is 55.4. The molecule has 9 fully saturated rings. The summed E-state index contributed by atoms with van der Waals surface area (Å²) in [5.41, 5.74) is -1.73. The number of rotatable bonds is 11. The highest BCUT2D eigenvalue weighted by molar-refractivity contribution is 5.66. The molecule has 9 aliphatic rings. The van der Waals surface area contributed by atoms with Crippen LogP contribution in [0.3, 0.4) is 0 Å². The van der Waals surface area contributed by atoms with Crippen LogP contribution in [0.25, 0.3) is 0 Å². The number of aliphatic hydroxyl groups is 9. The average Bonchev–Trinajstić information content (AvgIpc) is 3.90. The summed E-state index contributed by atoms with van der Waals surface area (Å²) < 4.78 is 56.9. The quantitative estimate of drug-likeness (QED) is 0.0770. The van der Waals surface area contributed by atoms with Crippen LogP contribution in [0.4, 0.5) is 0 Å². The van der Waals surface area contributed by atoms with Crippen molar-refractivity contribution in [3.63, 3.8) is 0 Å². The van der Waals surface area contributed by atoms with Gasteiger partial charge in [-0.15, -0.1) is 0 Å². The van der Waals surface area contributed by atoms with Crippen LogP contribution in [0.1, 0.15) is 100 Å². The summed E-state index contributed by atoms with van der Waals surface area (Å²) in [6, 6.07) is 0. The van der Waals surface area contributed by atoms with Gasteiger partial charge in [-0.25, -0.2) is 0 Å². The average molecular weight is 971 g/mol. The smallest absolute Gasteiger partial charge is 0.303 e. The van der Waals surface area contributed by atoms with Crippen LogP contribution in [0.5, 0.6) is 0 Å². The topological polar surface area (TPSA) is 282 Å². The molecule has 0 aromatic rings. The first-order valence-corrected chi connectivity index (χ1v) is 24.9. The first kappa shape index (κ1) is 51.4.